The van der Waals surface area contributed by atoms with E-state index in [9.17, 15) is 0 Å². The molecule has 17 rings (SSSR count). The van der Waals surface area contributed by atoms with Crippen LogP contribution in [-0.4, -0.2) is 34.9 Å². The van der Waals surface area contributed by atoms with Gasteiger partial charge in [-0.3, -0.25) is 0 Å². The standard InChI is InChI=1S/3C18H14N.C12H10N.3C11H8N.4Ir/c3*1-14-7-5-6-10-17(14)16-11-12-18(19-13-16)15-8-3-2-4-9-15;1-10-6-5-9-12(13-10)11-7-3-2-4-8-11;3*1-2-6-10(7-3-1)11-8-4-5-9-12-11;;;;/h3*2-8,10-13H,1H3;2-7,9H,1H3;3*1-6,8-9H;;;;/q7*-1;;;;. The van der Waals surface area contributed by atoms with Crippen LogP contribution in [0, 0.1) is 70.2 Å². The Bertz CT molecular complexity index is 4740. The number of aromatic nitrogens is 7. The first-order valence-electron chi connectivity index (χ1n) is 34.8. The predicted octanol–water partition coefficient (Wildman–Crippen LogP) is 24.1. The first kappa shape index (κ1) is 86.1. The van der Waals surface area contributed by atoms with E-state index in [-0.39, 0.29) is 80.4 Å². The number of hydrogen-bond donors (Lipinski definition) is 0. The molecule has 0 aliphatic heterocycles. The fourth-order valence-corrected chi connectivity index (χ4v) is 11.0. The molecule has 0 bridgehead atoms. The van der Waals surface area contributed by atoms with E-state index in [0.717, 1.165) is 101 Å². The summed E-state index contributed by atoms with van der Waals surface area (Å²) in [6.45, 7) is 8.35. The summed E-state index contributed by atoms with van der Waals surface area (Å²) in [5.74, 6) is 0. The smallest absolute Gasteiger partial charge is 0.0266 e. The second kappa shape index (κ2) is 47.6. The molecule has 17 aromatic rings. The number of pyridine rings is 7. The molecule has 0 atom stereocenters. The van der Waals surface area contributed by atoms with Crippen LogP contribution in [0.15, 0.2) is 389 Å². The molecule has 10 aromatic carbocycles. The average Bonchev–Trinajstić information content (AvgIpc) is 0.827. The predicted molar refractivity (Wildman–Crippen MR) is 435 cm³/mol. The van der Waals surface area contributed by atoms with E-state index in [4.69, 9.17) is 0 Å². The zero-order chi connectivity index (χ0) is 73.0. The number of benzene rings is 10. The number of nitrogens with zero attached hydrogens (tertiary/aromatic N) is 7. The molecule has 0 aliphatic carbocycles. The van der Waals surface area contributed by atoms with Crippen LogP contribution in [0.1, 0.15) is 22.4 Å². The summed E-state index contributed by atoms with van der Waals surface area (Å²) >= 11 is 0. The minimum Gasteiger partial charge on any atom is -0.305 e. The van der Waals surface area contributed by atoms with Crippen LogP contribution in [0.25, 0.3) is 112 Å². The van der Waals surface area contributed by atoms with Gasteiger partial charge in [-0.1, -0.05) is 158 Å². The first-order valence-corrected chi connectivity index (χ1v) is 34.8. The first-order chi connectivity index (χ1) is 52.3. The van der Waals surface area contributed by atoms with Gasteiger partial charge in [0.1, 0.15) is 0 Å². The van der Waals surface area contributed by atoms with Gasteiger partial charge in [0.15, 0.2) is 0 Å². The van der Waals surface area contributed by atoms with E-state index in [1.807, 2.05) is 286 Å². The van der Waals surface area contributed by atoms with Crippen molar-refractivity contribution in [3.8, 4) is 112 Å². The molecule has 0 aliphatic rings. The molecule has 0 saturated carbocycles. The van der Waals surface area contributed by atoms with Gasteiger partial charge in [0.05, 0.1) is 0 Å². The van der Waals surface area contributed by atoms with Gasteiger partial charge >= 0.3 is 0 Å². The zero-order valence-electron chi connectivity index (χ0n) is 60.9. The van der Waals surface area contributed by atoms with Crippen molar-refractivity contribution in [1.29, 1.82) is 0 Å². The molecule has 110 heavy (non-hydrogen) atoms. The monoisotopic (exact) mass is 2130 g/mol. The minimum absolute atomic E-state index is 0. The molecule has 550 valence electrons. The molecule has 7 aromatic heterocycles. The van der Waals surface area contributed by atoms with E-state index in [2.05, 4.69) is 189 Å². The van der Waals surface area contributed by atoms with Crippen LogP contribution in [0.3, 0.4) is 0 Å². The fourth-order valence-electron chi connectivity index (χ4n) is 11.0. The largest absolute Gasteiger partial charge is 0.305 e. The van der Waals surface area contributed by atoms with Crippen molar-refractivity contribution in [1.82, 2.24) is 34.9 Å². The van der Waals surface area contributed by atoms with Crippen LogP contribution in [0.4, 0.5) is 0 Å². The van der Waals surface area contributed by atoms with Crippen LogP contribution >= 0.6 is 0 Å². The molecule has 0 fully saturated rings. The molecule has 0 N–H and O–H groups in total. The molecule has 4 radical (unpaired) electrons. The Balaban J connectivity index is 0.000000179. The molecule has 0 spiro atoms. The fraction of sp³-hybridized carbons (Fsp3) is 0.0404. The Hall–Kier alpha value is -11.2. The summed E-state index contributed by atoms with van der Waals surface area (Å²) in [6.07, 6.45) is 11.2. The van der Waals surface area contributed by atoms with Crippen molar-refractivity contribution in [2.24, 2.45) is 0 Å². The second-order valence-electron chi connectivity index (χ2n) is 24.0. The summed E-state index contributed by atoms with van der Waals surface area (Å²) in [4.78, 5) is 30.7. The van der Waals surface area contributed by atoms with Crippen molar-refractivity contribution in [3.63, 3.8) is 0 Å². The Kier molecular flexibility index (Phi) is 37.3. The minimum atomic E-state index is 0. The van der Waals surface area contributed by atoms with Crippen molar-refractivity contribution >= 4 is 0 Å². The summed E-state index contributed by atoms with van der Waals surface area (Å²) in [5, 5.41) is 0. The quantitative estimate of drug-likeness (QED) is 0.126. The zero-order valence-corrected chi connectivity index (χ0v) is 70.5. The maximum absolute atomic E-state index is 4.54. The van der Waals surface area contributed by atoms with Gasteiger partial charge in [-0.25, -0.2) is 0 Å². The third-order valence-electron chi connectivity index (χ3n) is 16.4. The van der Waals surface area contributed by atoms with Gasteiger partial charge in [0.25, 0.3) is 0 Å². The van der Waals surface area contributed by atoms with Gasteiger partial charge in [-0.05, 0) is 142 Å². The van der Waals surface area contributed by atoms with E-state index in [1.165, 1.54) is 33.4 Å². The van der Waals surface area contributed by atoms with E-state index >= 15 is 0 Å². The van der Waals surface area contributed by atoms with Crippen molar-refractivity contribution < 1.29 is 80.4 Å². The molecular formula is C99H76Ir4N7-7. The number of hydrogen-bond acceptors (Lipinski definition) is 7. The summed E-state index contributed by atoms with van der Waals surface area (Å²) < 4.78 is 0. The van der Waals surface area contributed by atoms with E-state index in [1.54, 1.807) is 18.6 Å². The SMILES string of the molecule is Cc1cccc(-c2[c-]cccc2)n1.Cc1ccccc1-c1ccc(-c2[c-]cccc2)nc1.Cc1ccccc1-c1ccc(-c2[c-]cccc2)nc1.Cc1ccccc1-c1ccc(-c2[c-]cccc2)nc1.[Ir].[Ir].[Ir].[Ir].[c-]1ccccc1-c1ccccn1.[c-]1ccccc1-c1ccccn1.[c-]1ccccc1-c1ccccn1. The molecular weight excluding hydrogens is 2060 g/mol. The number of aryl methyl sites for hydroxylation is 4. The summed E-state index contributed by atoms with van der Waals surface area (Å²) in [5.41, 5.74) is 26.0. The summed E-state index contributed by atoms with van der Waals surface area (Å²) in [7, 11) is 0. The topological polar surface area (TPSA) is 90.2 Å². The Morgan fingerprint density at radius 1 is 0.191 bits per heavy atom. The third-order valence-corrected chi connectivity index (χ3v) is 16.4. The van der Waals surface area contributed by atoms with Gasteiger partial charge in [-0.2, -0.15) is 0 Å². The van der Waals surface area contributed by atoms with Crippen LogP contribution < -0.4 is 0 Å². The van der Waals surface area contributed by atoms with Gasteiger partial charge in [-0.15, -0.1) is 251 Å². The Morgan fingerprint density at radius 2 is 0.418 bits per heavy atom. The van der Waals surface area contributed by atoms with Gasteiger partial charge < -0.3 is 34.9 Å². The van der Waals surface area contributed by atoms with E-state index in [0.29, 0.717) is 0 Å². The average molecular weight is 2130 g/mol. The number of rotatable bonds is 10. The van der Waals surface area contributed by atoms with Gasteiger partial charge in [0, 0.05) is 123 Å². The van der Waals surface area contributed by atoms with Gasteiger partial charge in [0.2, 0.25) is 0 Å². The maximum atomic E-state index is 4.54. The normalized spacial score (nSPS) is 9.71. The molecule has 7 heterocycles. The molecule has 11 heteroatoms. The molecule has 7 nitrogen and oxygen atoms in total. The Labute approximate surface area is 702 Å². The molecule has 0 saturated heterocycles. The second-order valence-corrected chi connectivity index (χ2v) is 24.0. The van der Waals surface area contributed by atoms with Crippen molar-refractivity contribution in [2.45, 2.75) is 27.7 Å². The Morgan fingerprint density at radius 3 is 0.627 bits per heavy atom. The maximum Gasteiger partial charge on any atom is 0.0266 e. The van der Waals surface area contributed by atoms with Crippen molar-refractivity contribution in [3.05, 3.63) is 454 Å². The third kappa shape index (κ3) is 26.9. The van der Waals surface area contributed by atoms with Crippen molar-refractivity contribution in [2.75, 3.05) is 0 Å². The van der Waals surface area contributed by atoms with Crippen LogP contribution in [0.2, 0.25) is 0 Å². The molecule has 0 amide bonds. The van der Waals surface area contributed by atoms with E-state index < -0.39 is 0 Å². The van der Waals surface area contributed by atoms with Crippen LogP contribution in [-0.2, 0) is 80.4 Å². The van der Waals surface area contributed by atoms with Crippen LogP contribution in [0.5, 0.6) is 0 Å². The summed E-state index contributed by atoms with van der Waals surface area (Å²) in [6, 6.07) is 138. The molecule has 0 unspecified atom stereocenters.